The normalized spacial score (nSPS) is 25.1. The fraction of sp³-hybridized carbons (Fsp3) is 0.538. The van der Waals surface area contributed by atoms with E-state index in [0.717, 1.165) is 18.1 Å². The van der Waals surface area contributed by atoms with Crippen LogP contribution in [0.1, 0.15) is 18.9 Å². The van der Waals surface area contributed by atoms with E-state index in [2.05, 4.69) is 30.1 Å². The Morgan fingerprint density at radius 1 is 1.44 bits per heavy atom. The Bertz CT molecular complexity index is 392. The molecule has 0 bridgehead atoms. The summed E-state index contributed by atoms with van der Waals surface area (Å²) < 4.78 is 0. The molecule has 1 aromatic carbocycles. The summed E-state index contributed by atoms with van der Waals surface area (Å²) in [5, 5.41) is 4.26. The van der Waals surface area contributed by atoms with E-state index < -0.39 is 0 Å². The fourth-order valence-corrected chi connectivity index (χ4v) is 2.48. The van der Waals surface area contributed by atoms with Crippen molar-refractivity contribution in [2.75, 3.05) is 25.0 Å². The molecule has 0 aliphatic carbocycles. The molecule has 0 spiro atoms. The van der Waals surface area contributed by atoms with Crippen molar-refractivity contribution in [2.24, 2.45) is 0 Å². The number of hydrogen-bond donors (Lipinski definition) is 1. The summed E-state index contributed by atoms with van der Waals surface area (Å²) in [5.41, 5.74) is 2.69. The molecular formula is C13H19ClN2. The molecular weight excluding hydrogens is 220 g/mol. The monoisotopic (exact) mass is 238 g/mol. The molecule has 88 valence electrons. The molecule has 16 heavy (non-hydrogen) atoms. The van der Waals surface area contributed by atoms with Crippen molar-refractivity contribution in [1.29, 1.82) is 0 Å². The van der Waals surface area contributed by atoms with Crippen molar-refractivity contribution in [2.45, 2.75) is 25.8 Å². The van der Waals surface area contributed by atoms with Gasteiger partial charge in [-0.25, -0.2) is 0 Å². The minimum Gasteiger partial charge on any atom is -0.369 e. The molecule has 0 aromatic heterocycles. The van der Waals surface area contributed by atoms with Crippen LogP contribution in [-0.4, -0.2) is 25.7 Å². The number of rotatable bonds is 2. The first-order valence-corrected chi connectivity index (χ1v) is 6.12. The molecule has 3 heteroatoms. The summed E-state index contributed by atoms with van der Waals surface area (Å²) >= 11 is 6.15. The van der Waals surface area contributed by atoms with Gasteiger partial charge >= 0.3 is 0 Å². The van der Waals surface area contributed by atoms with Gasteiger partial charge in [-0.1, -0.05) is 17.7 Å². The average Bonchev–Trinajstić information content (AvgIpc) is 2.66. The number of benzene rings is 1. The summed E-state index contributed by atoms with van der Waals surface area (Å²) in [5.74, 6) is 0. The number of hydrogen-bond acceptors (Lipinski definition) is 2. The lowest BCUT2D eigenvalue weighted by Crippen LogP contribution is -2.42. The van der Waals surface area contributed by atoms with Crippen LogP contribution in [0.4, 0.5) is 5.69 Å². The maximum atomic E-state index is 6.15. The Balaban J connectivity index is 2.24. The van der Waals surface area contributed by atoms with Gasteiger partial charge in [0.15, 0.2) is 0 Å². The Morgan fingerprint density at radius 2 is 2.19 bits per heavy atom. The van der Waals surface area contributed by atoms with Crippen LogP contribution < -0.4 is 10.2 Å². The van der Waals surface area contributed by atoms with Gasteiger partial charge in [-0.05, 0) is 45.0 Å². The zero-order chi connectivity index (χ0) is 11.8. The molecule has 0 amide bonds. The summed E-state index contributed by atoms with van der Waals surface area (Å²) in [4.78, 5) is 2.41. The van der Waals surface area contributed by atoms with E-state index in [9.17, 15) is 0 Å². The molecule has 1 aliphatic rings. The highest BCUT2D eigenvalue weighted by Crippen LogP contribution is 2.31. The van der Waals surface area contributed by atoms with Gasteiger partial charge in [0.25, 0.3) is 0 Å². The van der Waals surface area contributed by atoms with Crippen LogP contribution in [0.5, 0.6) is 0 Å². The van der Waals surface area contributed by atoms with E-state index in [1.54, 1.807) is 0 Å². The minimum atomic E-state index is 0.231. The van der Waals surface area contributed by atoms with E-state index in [1.807, 2.05) is 19.2 Å². The van der Waals surface area contributed by atoms with Crippen molar-refractivity contribution >= 4 is 17.3 Å². The minimum absolute atomic E-state index is 0.231. The largest absolute Gasteiger partial charge is 0.369 e. The fourth-order valence-electron chi connectivity index (χ4n) is 2.31. The third-order valence-corrected chi connectivity index (χ3v) is 4.07. The third-order valence-electron chi connectivity index (χ3n) is 3.66. The van der Waals surface area contributed by atoms with E-state index in [-0.39, 0.29) is 5.54 Å². The molecule has 1 heterocycles. The van der Waals surface area contributed by atoms with E-state index in [0.29, 0.717) is 0 Å². The molecule has 1 aliphatic heterocycles. The van der Waals surface area contributed by atoms with Gasteiger partial charge < -0.3 is 10.2 Å². The lowest BCUT2D eigenvalue weighted by atomic mass is 10.0. The van der Waals surface area contributed by atoms with Gasteiger partial charge in [0.2, 0.25) is 0 Å². The van der Waals surface area contributed by atoms with Gasteiger partial charge in [0, 0.05) is 29.3 Å². The van der Waals surface area contributed by atoms with Crippen molar-refractivity contribution in [3.05, 3.63) is 28.8 Å². The molecule has 2 rings (SSSR count). The van der Waals surface area contributed by atoms with Crippen LogP contribution in [0.3, 0.4) is 0 Å². The molecule has 2 nitrogen and oxygen atoms in total. The molecule has 1 fully saturated rings. The van der Waals surface area contributed by atoms with Crippen molar-refractivity contribution in [3.8, 4) is 0 Å². The van der Waals surface area contributed by atoms with E-state index in [4.69, 9.17) is 11.6 Å². The van der Waals surface area contributed by atoms with Gasteiger partial charge in [0.05, 0.1) is 0 Å². The molecule has 1 saturated heterocycles. The van der Waals surface area contributed by atoms with E-state index in [1.165, 1.54) is 17.7 Å². The molecule has 1 aromatic rings. The van der Waals surface area contributed by atoms with Crippen LogP contribution in [0, 0.1) is 6.92 Å². The number of nitrogens with one attached hydrogen (secondary N) is 1. The van der Waals surface area contributed by atoms with Crippen molar-refractivity contribution in [3.63, 3.8) is 0 Å². The molecule has 1 N–H and O–H groups in total. The van der Waals surface area contributed by atoms with E-state index >= 15 is 0 Å². The summed E-state index contributed by atoms with van der Waals surface area (Å²) in [6, 6.07) is 6.13. The van der Waals surface area contributed by atoms with Crippen LogP contribution in [0.2, 0.25) is 5.02 Å². The summed E-state index contributed by atoms with van der Waals surface area (Å²) in [6.45, 7) is 6.50. The highest BCUT2D eigenvalue weighted by molar-refractivity contribution is 6.31. The SMILES string of the molecule is CNC1(C)CCN(c2cccc(Cl)c2C)C1. The topological polar surface area (TPSA) is 15.3 Å². The molecule has 1 unspecified atom stereocenters. The van der Waals surface area contributed by atoms with Gasteiger partial charge in [-0.3, -0.25) is 0 Å². The van der Waals surface area contributed by atoms with Gasteiger partial charge in [-0.15, -0.1) is 0 Å². The first kappa shape index (κ1) is 11.7. The highest BCUT2D eigenvalue weighted by atomic mass is 35.5. The molecule has 0 radical (unpaired) electrons. The highest BCUT2D eigenvalue weighted by Gasteiger charge is 2.32. The lowest BCUT2D eigenvalue weighted by Gasteiger charge is -2.26. The maximum absolute atomic E-state index is 6.15. The zero-order valence-electron chi connectivity index (χ0n) is 10.2. The van der Waals surface area contributed by atoms with Crippen molar-refractivity contribution < 1.29 is 0 Å². The first-order valence-electron chi connectivity index (χ1n) is 5.75. The lowest BCUT2D eigenvalue weighted by molar-refractivity contribution is 0.428. The zero-order valence-corrected chi connectivity index (χ0v) is 10.9. The van der Waals surface area contributed by atoms with Gasteiger partial charge in [0.1, 0.15) is 0 Å². The Kier molecular flexibility index (Phi) is 3.13. The predicted octanol–water partition coefficient (Wildman–Crippen LogP) is 2.84. The van der Waals surface area contributed by atoms with Crippen LogP contribution >= 0.6 is 11.6 Å². The average molecular weight is 239 g/mol. The second-order valence-electron chi connectivity index (χ2n) is 4.87. The van der Waals surface area contributed by atoms with Crippen LogP contribution in [-0.2, 0) is 0 Å². The second kappa shape index (κ2) is 4.27. The molecule has 0 saturated carbocycles. The maximum Gasteiger partial charge on any atom is 0.0455 e. The summed E-state index contributed by atoms with van der Waals surface area (Å²) in [6.07, 6.45) is 1.18. The number of halogens is 1. The standard InChI is InChI=1S/C13H19ClN2/c1-10-11(14)5-4-6-12(10)16-8-7-13(2,9-16)15-3/h4-6,15H,7-9H2,1-3H3. The van der Waals surface area contributed by atoms with Crippen LogP contribution in [0.15, 0.2) is 18.2 Å². The van der Waals surface area contributed by atoms with Crippen LogP contribution in [0.25, 0.3) is 0 Å². The first-order chi connectivity index (χ1) is 7.56. The second-order valence-corrected chi connectivity index (χ2v) is 5.27. The predicted molar refractivity (Wildman–Crippen MR) is 70.5 cm³/mol. The Morgan fingerprint density at radius 3 is 2.81 bits per heavy atom. The van der Waals surface area contributed by atoms with Gasteiger partial charge in [-0.2, -0.15) is 0 Å². The Labute approximate surface area is 103 Å². The number of anilines is 1. The quantitative estimate of drug-likeness (QED) is 0.853. The number of likely N-dealkylation sites (N-methyl/N-ethyl adjacent to an activating group) is 1. The third kappa shape index (κ3) is 2.04. The smallest absolute Gasteiger partial charge is 0.0455 e. The van der Waals surface area contributed by atoms with Crippen molar-refractivity contribution in [1.82, 2.24) is 5.32 Å². The summed E-state index contributed by atoms with van der Waals surface area (Å²) in [7, 11) is 2.04. The Hall–Kier alpha value is -0.730. The number of nitrogens with zero attached hydrogens (tertiary/aromatic N) is 1. The molecule has 1 atom stereocenters.